The van der Waals surface area contributed by atoms with Gasteiger partial charge in [-0.2, -0.15) is 5.10 Å². The summed E-state index contributed by atoms with van der Waals surface area (Å²) >= 11 is 0. The summed E-state index contributed by atoms with van der Waals surface area (Å²) in [5.41, 5.74) is 2.78. The molecule has 0 spiro atoms. The highest BCUT2D eigenvalue weighted by atomic mass is 16.2. The van der Waals surface area contributed by atoms with Crippen LogP contribution in [0.4, 0.5) is 5.69 Å². The van der Waals surface area contributed by atoms with E-state index in [-0.39, 0.29) is 5.91 Å². The lowest BCUT2D eigenvalue weighted by atomic mass is 9.95. The smallest absolute Gasteiger partial charge is 0.256 e. The molecule has 2 aromatic rings. The molecule has 1 heterocycles. The van der Waals surface area contributed by atoms with Crippen molar-refractivity contribution in [2.45, 2.75) is 51.6 Å². The van der Waals surface area contributed by atoms with Crippen molar-refractivity contribution in [3.63, 3.8) is 0 Å². The number of anilines is 1. The average molecular weight is 340 g/mol. The Morgan fingerprint density at radius 3 is 2.72 bits per heavy atom. The van der Waals surface area contributed by atoms with Crippen molar-refractivity contribution in [3.8, 4) is 0 Å². The van der Waals surface area contributed by atoms with Crippen LogP contribution in [0.2, 0.25) is 0 Å². The van der Waals surface area contributed by atoms with E-state index in [0.29, 0.717) is 19.1 Å². The van der Waals surface area contributed by atoms with Gasteiger partial charge in [0.05, 0.1) is 11.8 Å². The molecule has 134 valence electrons. The molecule has 0 atom stereocenters. The fourth-order valence-electron chi connectivity index (χ4n) is 3.53. The number of carbonyl (C=O) groups excluding carboxylic acids is 1. The number of para-hydroxylation sites is 1. The van der Waals surface area contributed by atoms with Crippen molar-refractivity contribution in [3.05, 3.63) is 47.8 Å². The van der Waals surface area contributed by atoms with Gasteiger partial charge in [0.2, 0.25) is 0 Å². The topological polar surface area (TPSA) is 50.2 Å². The minimum atomic E-state index is 0.0743. The van der Waals surface area contributed by atoms with Crippen molar-refractivity contribution < 1.29 is 4.79 Å². The summed E-state index contributed by atoms with van der Waals surface area (Å²) in [6, 6.07) is 8.38. The summed E-state index contributed by atoms with van der Waals surface area (Å²) in [5, 5.41) is 7.81. The van der Waals surface area contributed by atoms with Crippen LogP contribution in [0.5, 0.6) is 0 Å². The van der Waals surface area contributed by atoms with Crippen LogP contribution in [-0.4, -0.2) is 33.2 Å². The third-order valence-electron chi connectivity index (χ3n) is 4.92. The molecule has 0 saturated heterocycles. The first kappa shape index (κ1) is 17.5. The van der Waals surface area contributed by atoms with Crippen molar-refractivity contribution in [2.24, 2.45) is 7.05 Å². The van der Waals surface area contributed by atoms with Crippen molar-refractivity contribution in [1.82, 2.24) is 14.7 Å². The molecule has 5 heteroatoms. The summed E-state index contributed by atoms with van der Waals surface area (Å²) in [7, 11) is 1.89. The second-order valence-corrected chi connectivity index (χ2v) is 6.87. The Bertz CT molecular complexity index is 703. The zero-order valence-electron chi connectivity index (χ0n) is 15.2. The number of carbonyl (C=O) groups is 1. The summed E-state index contributed by atoms with van der Waals surface area (Å²) in [4.78, 5) is 15.0. The molecule has 1 amide bonds. The maximum atomic E-state index is 13.1. The number of nitrogens with one attached hydrogen (secondary N) is 1. The molecule has 1 fully saturated rings. The van der Waals surface area contributed by atoms with E-state index in [9.17, 15) is 4.79 Å². The van der Waals surface area contributed by atoms with E-state index in [0.717, 1.165) is 16.8 Å². The number of aryl methyl sites for hydroxylation is 1. The largest absolute Gasteiger partial charge is 0.382 e. The van der Waals surface area contributed by atoms with Gasteiger partial charge in [-0.1, -0.05) is 31.4 Å². The Morgan fingerprint density at radius 1 is 1.28 bits per heavy atom. The molecular formula is C20H28N4O. The van der Waals surface area contributed by atoms with Crippen LogP contribution in [0.15, 0.2) is 36.7 Å². The van der Waals surface area contributed by atoms with E-state index >= 15 is 0 Å². The molecule has 3 rings (SSSR count). The van der Waals surface area contributed by atoms with Gasteiger partial charge in [0.1, 0.15) is 0 Å². The van der Waals surface area contributed by atoms with E-state index in [4.69, 9.17) is 0 Å². The highest BCUT2D eigenvalue weighted by molar-refractivity contribution is 5.99. The second-order valence-electron chi connectivity index (χ2n) is 6.87. The molecule has 1 aromatic heterocycles. The standard InChI is InChI=1S/C20H28N4O/c1-3-24(15-16-13-21-23(2)14-16)20(25)18-11-7-8-12-19(18)22-17-9-5-4-6-10-17/h7-8,11-14,17,22H,3-6,9-10,15H2,1-2H3. The number of benzene rings is 1. The van der Waals surface area contributed by atoms with Gasteiger partial charge in [-0.3, -0.25) is 9.48 Å². The van der Waals surface area contributed by atoms with E-state index in [1.807, 2.05) is 55.5 Å². The van der Waals surface area contributed by atoms with Gasteiger partial charge >= 0.3 is 0 Å². The van der Waals surface area contributed by atoms with Crippen LogP contribution in [0.25, 0.3) is 0 Å². The molecule has 0 unspecified atom stereocenters. The molecule has 0 aliphatic heterocycles. The second kappa shape index (κ2) is 8.19. The molecule has 0 bridgehead atoms. The van der Waals surface area contributed by atoms with Crippen LogP contribution >= 0.6 is 0 Å². The van der Waals surface area contributed by atoms with Gasteiger partial charge in [0.25, 0.3) is 5.91 Å². The number of amides is 1. The molecule has 0 radical (unpaired) electrons. The van der Waals surface area contributed by atoms with Crippen LogP contribution in [-0.2, 0) is 13.6 Å². The number of hydrogen-bond donors (Lipinski definition) is 1. The van der Waals surface area contributed by atoms with Crippen LogP contribution in [0.3, 0.4) is 0 Å². The Balaban J connectivity index is 1.75. The lowest BCUT2D eigenvalue weighted by molar-refractivity contribution is 0.0753. The van der Waals surface area contributed by atoms with Gasteiger partial charge < -0.3 is 10.2 Å². The Morgan fingerprint density at radius 2 is 2.04 bits per heavy atom. The first-order valence-corrected chi connectivity index (χ1v) is 9.29. The highest BCUT2D eigenvalue weighted by Gasteiger charge is 2.20. The molecule has 25 heavy (non-hydrogen) atoms. The third-order valence-corrected chi connectivity index (χ3v) is 4.92. The van der Waals surface area contributed by atoms with Gasteiger partial charge in [0.15, 0.2) is 0 Å². The Hall–Kier alpha value is -2.30. The number of hydrogen-bond acceptors (Lipinski definition) is 3. The lowest BCUT2D eigenvalue weighted by Crippen LogP contribution is -2.31. The number of nitrogens with zero attached hydrogens (tertiary/aromatic N) is 3. The molecule has 1 aliphatic carbocycles. The van der Waals surface area contributed by atoms with Crippen molar-refractivity contribution >= 4 is 11.6 Å². The van der Waals surface area contributed by atoms with E-state index in [1.165, 1.54) is 32.1 Å². The van der Waals surface area contributed by atoms with Crippen LogP contribution < -0.4 is 5.32 Å². The van der Waals surface area contributed by atoms with E-state index in [1.54, 1.807) is 4.68 Å². The fraction of sp³-hybridized carbons (Fsp3) is 0.500. The van der Waals surface area contributed by atoms with E-state index in [2.05, 4.69) is 10.4 Å². The summed E-state index contributed by atoms with van der Waals surface area (Å²) in [6.45, 7) is 3.28. The maximum absolute atomic E-state index is 13.1. The monoisotopic (exact) mass is 340 g/mol. The van der Waals surface area contributed by atoms with Gasteiger partial charge in [-0.25, -0.2) is 0 Å². The predicted octanol–water partition coefficient (Wildman–Crippen LogP) is 3.83. The molecule has 1 aromatic carbocycles. The summed E-state index contributed by atoms with van der Waals surface area (Å²) in [6.07, 6.45) is 10.0. The predicted molar refractivity (Wildman–Crippen MR) is 101 cm³/mol. The third kappa shape index (κ3) is 4.41. The summed E-state index contributed by atoms with van der Waals surface area (Å²) < 4.78 is 1.77. The zero-order chi connectivity index (χ0) is 17.6. The van der Waals surface area contributed by atoms with Crippen LogP contribution in [0, 0.1) is 0 Å². The van der Waals surface area contributed by atoms with Gasteiger partial charge in [-0.05, 0) is 31.9 Å². The minimum Gasteiger partial charge on any atom is -0.382 e. The maximum Gasteiger partial charge on any atom is 0.256 e. The Labute approximate surface area is 150 Å². The number of rotatable bonds is 6. The quantitative estimate of drug-likeness (QED) is 0.869. The Kier molecular flexibility index (Phi) is 5.74. The molecular weight excluding hydrogens is 312 g/mol. The van der Waals surface area contributed by atoms with Crippen molar-refractivity contribution in [2.75, 3.05) is 11.9 Å². The average Bonchev–Trinajstić information content (AvgIpc) is 3.05. The van der Waals surface area contributed by atoms with E-state index < -0.39 is 0 Å². The summed E-state index contributed by atoms with van der Waals surface area (Å²) in [5.74, 6) is 0.0743. The van der Waals surface area contributed by atoms with Crippen LogP contribution in [0.1, 0.15) is 54.9 Å². The van der Waals surface area contributed by atoms with Gasteiger partial charge in [-0.15, -0.1) is 0 Å². The first-order valence-electron chi connectivity index (χ1n) is 9.29. The number of aromatic nitrogens is 2. The zero-order valence-corrected chi connectivity index (χ0v) is 15.2. The SMILES string of the molecule is CCN(Cc1cnn(C)c1)C(=O)c1ccccc1NC1CCCCC1. The highest BCUT2D eigenvalue weighted by Crippen LogP contribution is 2.25. The molecule has 1 aliphatic rings. The molecule has 1 N–H and O–H groups in total. The van der Waals surface area contributed by atoms with Crippen molar-refractivity contribution in [1.29, 1.82) is 0 Å². The first-order chi connectivity index (χ1) is 12.2. The fourth-order valence-corrected chi connectivity index (χ4v) is 3.53. The molecule has 5 nitrogen and oxygen atoms in total. The van der Waals surface area contributed by atoms with Gasteiger partial charge in [0, 0.05) is 43.6 Å². The normalized spacial score (nSPS) is 15.1. The minimum absolute atomic E-state index is 0.0743. The molecule has 1 saturated carbocycles. The lowest BCUT2D eigenvalue weighted by Gasteiger charge is -2.26.